The number of ether oxygens (including phenoxy) is 1. The van der Waals surface area contributed by atoms with E-state index in [1.54, 1.807) is 12.4 Å². The highest BCUT2D eigenvalue weighted by Gasteiger charge is 2.15. The number of aromatic nitrogens is 3. The van der Waals surface area contributed by atoms with Crippen molar-refractivity contribution in [3.8, 4) is 11.3 Å². The van der Waals surface area contributed by atoms with Gasteiger partial charge < -0.3 is 15.2 Å². The molecule has 7 nitrogen and oxygen atoms in total. The van der Waals surface area contributed by atoms with E-state index >= 15 is 0 Å². The summed E-state index contributed by atoms with van der Waals surface area (Å²) in [7, 11) is 0. The summed E-state index contributed by atoms with van der Waals surface area (Å²) in [6.45, 7) is 6.16. The molecule has 2 aromatic heterocycles. The van der Waals surface area contributed by atoms with Gasteiger partial charge in [-0.15, -0.1) is 0 Å². The summed E-state index contributed by atoms with van der Waals surface area (Å²) in [5.41, 5.74) is 1.84. The second-order valence-electron chi connectivity index (χ2n) is 5.87. The third-order valence-electron chi connectivity index (χ3n) is 3.91. The van der Waals surface area contributed by atoms with Crippen molar-refractivity contribution < 1.29 is 9.84 Å². The van der Waals surface area contributed by atoms with Crippen LogP contribution in [0.2, 0.25) is 0 Å². The number of morpholine rings is 1. The zero-order valence-electron chi connectivity index (χ0n) is 13.9. The minimum atomic E-state index is -0.456. The fraction of sp³-hybridized carbons (Fsp3) is 0.471. The average molecular weight is 329 g/mol. The lowest BCUT2D eigenvalue weighted by atomic mass is 10.2. The van der Waals surface area contributed by atoms with Crippen molar-refractivity contribution in [2.24, 2.45) is 0 Å². The molecule has 0 amide bonds. The predicted octanol–water partition coefficient (Wildman–Crippen LogP) is 0.952. The molecule has 1 saturated heterocycles. The first-order valence-corrected chi connectivity index (χ1v) is 8.19. The van der Waals surface area contributed by atoms with Gasteiger partial charge in [0.25, 0.3) is 0 Å². The number of nitrogens with zero attached hydrogens (tertiary/aromatic N) is 4. The molecule has 2 aromatic rings. The standard InChI is InChI=1S/C17H23N5O2/c1-13-20-16(14-2-4-18-5-3-14)10-17(21-13)19-11-15(23)12-22-6-8-24-9-7-22/h2-5,10,15,23H,6-9,11-12H2,1H3,(H,19,20,21). The minimum Gasteiger partial charge on any atom is -0.390 e. The average Bonchev–Trinajstić information content (AvgIpc) is 2.61. The highest BCUT2D eigenvalue weighted by molar-refractivity contribution is 5.61. The van der Waals surface area contributed by atoms with E-state index in [1.165, 1.54) is 0 Å². The lowest BCUT2D eigenvalue weighted by Gasteiger charge is -2.28. The normalized spacial score (nSPS) is 16.8. The van der Waals surface area contributed by atoms with Gasteiger partial charge in [0.2, 0.25) is 0 Å². The summed E-state index contributed by atoms with van der Waals surface area (Å²) < 4.78 is 5.32. The van der Waals surface area contributed by atoms with E-state index in [0.29, 0.717) is 18.9 Å². The molecule has 0 bridgehead atoms. The number of anilines is 1. The molecule has 1 fully saturated rings. The van der Waals surface area contributed by atoms with Gasteiger partial charge >= 0.3 is 0 Å². The maximum absolute atomic E-state index is 10.2. The summed E-state index contributed by atoms with van der Waals surface area (Å²) >= 11 is 0. The number of aliphatic hydroxyl groups excluding tert-OH is 1. The molecule has 3 rings (SSSR count). The molecule has 1 unspecified atom stereocenters. The number of β-amino-alcohol motifs (C(OH)–C–C–N with tert-alkyl or cyclic N) is 1. The number of aryl methyl sites for hydroxylation is 1. The maximum Gasteiger partial charge on any atom is 0.130 e. The fourth-order valence-corrected chi connectivity index (χ4v) is 2.70. The van der Waals surface area contributed by atoms with Gasteiger partial charge in [0.05, 0.1) is 25.0 Å². The highest BCUT2D eigenvalue weighted by Crippen LogP contribution is 2.18. The SMILES string of the molecule is Cc1nc(NCC(O)CN2CCOCC2)cc(-c2ccncc2)n1. The first kappa shape index (κ1) is 16.8. The van der Waals surface area contributed by atoms with Crippen molar-refractivity contribution in [1.29, 1.82) is 0 Å². The van der Waals surface area contributed by atoms with E-state index in [4.69, 9.17) is 4.74 Å². The molecule has 24 heavy (non-hydrogen) atoms. The lowest BCUT2D eigenvalue weighted by molar-refractivity contribution is 0.0171. The molecule has 0 saturated carbocycles. The van der Waals surface area contributed by atoms with Gasteiger partial charge in [-0.1, -0.05) is 0 Å². The number of nitrogens with one attached hydrogen (secondary N) is 1. The molecule has 1 aliphatic rings. The first-order chi connectivity index (χ1) is 11.7. The van der Waals surface area contributed by atoms with Crippen LogP contribution in [-0.2, 0) is 4.74 Å². The van der Waals surface area contributed by atoms with E-state index in [9.17, 15) is 5.11 Å². The number of rotatable bonds is 6. The quantitative estimate of drug-likeness (QED) is 0.816. The molecule has 0 spiro atoms. The Labute approximate surface area is 141 Å². The third-order valence-corrected chi connectivity index (χ3v) is 3.91. The number of aliphatic hydroxyl groups is 1. The fourth-order valence-electron chi connectivity index (χ4n) is 2.70. The van der Waals surface area contributed by atoms with Crippen molar-refractivity contribution in [3.05, 3.63) is 36.4 Å². The Bertz CT molecular complexity index is 647. The summed E-state index contributed by atoms with van der Waals surface area (Å²) in [5, 5.41) is 13.4. The Morgan fingerprint density at radius 3 is 2.75 bits per heavy atom. The van der Waals surface area contributed by atoms with E-state index in [1.807, 2.05) is 25.1 Å². The van der Waals surface area contributed by atoms with Crippen molar-refractivity contribution >= 4 is 5.82 Å². The van der Waals surface area contributed by atoms with Gasteiger partial charge in [-0.05, 0) is 19.1 Å². The Kier molecular flexibility index (Phi) is 5.68. The van der Waals surface area contributed by atoms with Crippen molar-refractivity contribution in [3.63, 3.8) is 0 Å². The van der Waals surface area contributed by atoms with Gasteiger partial charge in [0.1, 0.15) is 11.6 Å². The Morgan fingerprint density at radius 2 is 2.00 bits per heavy atom. The number of hydrogen-bond donors (Lipinski definition) is 2. The van der Waals surface area contributed by atoms with E-state index in [-0.39, 0.29) is 0 Å². The Balaban J connectivity index is 1.59. The molecule has 3 heterocycles. The van der Waals surface area contributed by atoms with Crippen LogP contribution in [0.5, 0.6) is 0 Å². The van der Waals surface area contributed by atoms with Gasteiger partial charge in [0.15, 0.2) is 0 Å². The van der Waals surface area contributed by atoms with Gasteiger partial charge in [-0.25, -0.2) is 9.97 Å². The molecular weight excluding hydrogens is 306 g/mol. The molecule has 0 aromatic carbocycles. The van der Waals surface area contributed by atoms with Crippen LogP contribution in [0.15, 0.2) is 30.6 Å². The highest BCUT2D eigenvalue weighted by atomic mass is 16.5. The monoisotopic (exact) mass is 329 g/mol. The molecule has 0 aliphatic carbocycles. The molecule has 2 N–H and O–H groups in total. The van der Waals surface area contributed by atoms with Crippen LogP contribution in [0.3, 0.4) is 0 Å². The predicted molar refractivity (Wildman–Crippen MR) is 91.8 cm³/mol. The van der Waals surface area contributed by atoms with Crippen molar-refractivity contribution in [2.45, 2.75) is 13.0 Å². The van der Waals surface area contributed by atoms with Gasteiger partial charge in [-0.2, -0.15) is 0 Å². The molecule has 1 atom stereocenters. The van der Waals surface area contributed by atoms with E-state index < -0.39 is 6.10 Å². The summed E-state index contributed by atoms with van der Waals surface area (Å²) in [5.74, 6) is 1.41. The molecule has 128 valence electrons. The third kappa shape index (κ3) is 4.70. The minimum absolute atomic E-state index is 0.448. The zero-order chi connectivity index (χ0) is 16.8. The smallest absolute Gasteiger partial charge is 0.130 e. The van der Waals surface area contributed by atoms with Crippen LogP contribution in [0.4, 0.5) is 5.82 Å². The summed E-state index contributed by atoms with van der Waals surface area (Å²) in [6.07, 6.45) is 3.03. The van der Waals surface area contributed by atoms with Crippen LogP contribution in [-0.4, -0.2) is 70.5 Å². The van der Waals surface area contributed by atoms with E-state index in [2.05, 4.69) is 25.2 Å². The van der Waals surface area contributed by atoms with Crippen LogP contribution < -0.4 is 5.32 Å². The lowest BCUT2D eigenvalue weighted by Crippen LogP contribution is -2.42. The van der Waals surface area contributed by atoms with Crippen LogP contribution in [0.1, 0.15) is 5.82 Å². The number of pyridine rings is 1. The van der Waals surface area contributed by atoms with Crippen LogP contribution >= 0.6 is 0 Å². The largest absolute Gasteiger partial charge is 0.390 e. The van der Waals surface area contributed by atoms with Gasteiger partial charge in [0, 0.05) is 50.2 Å². The Morgan fingerprint density at radius 1 is 1.25 bits per heavy atom. The summed E-state index contributed by atoms with van der Waals surface area (Å²) in [6, 6.07) is 5.72. The second kappa shape index (κ2) is 8.14. The van der Waals surface area contributed by atoms with Crippen LogP contribution in [0.25, 0.3) is 11.3 Å². The molecule has 7 heteroatoms. The first-order valence-electron chi connectivity index (χ1n) is 8.19. The van der Waals surface area contributed by atoms with Gasteiger partial charge in [-0.3, -0.25) is 9.88 Å². The number of hydrogen-bond acceptors (Lipinski definition) is 7. The van der Waals surface area contributed by atoms with Crippen molar-refractivity contribution in [2.75, 3.05) is 44.7 Å². The van der Waals surface area contributed by atoms with E-state index in [0.717, 1.165) is 43.4 Å². The molecule has 0 radical (unpaired) electrons. The van der Waals surface area contributed by atoms with Crippen molar-refractivity contribution in [1.82, 2.24) is 19.9 Å². The molecule has 1 aliphatic heterocycles. The maximum atomic E-state index is 10.2. The molecular formula is C17H23N5O2. The Hall–Kier alpha value is -2.09. The topological polar surface area (TPSA) is 83.4 Å². The summed E-state index contributed by atoms with van der Waals surface area (Å²) in [4.78, 5) is 15.1. The van der Waals surface area contributed by atoms with Crippen LogP contribution in [0, 0.1) is 6.92 Å². The second-order valence-corrected chi connectivity index (χ2v) is 5.87. The zero-order valence-corrected chi connectivity index (χ0v) is 13.9.